The third-order valence-electron chi connectivity index (χ3n) is 5.63. The number of rotatable bonds is 7. The van der Waals surface area contributed by atoms with Crippen molar-refractivity contribution < 1.29 is 4.79 Å². The summed E-state index contributed by atoms with van der Waals surface area (Å²) in [5.41, 5.74) is 3.33. The molecule has 1 saturated heterocycles. The van der Waals surface area contributed by atoms with E-state index < -0.39 is 0 Å². The lowest BCUT2D eigenvalue weighted by Gasteiger charge is -2.34. The van der Waals surface area contributed by atoms with Crippen LogP contribution in [0.4, 0.5) is 0 Å². The number of aryl methyl sites for hydroxylation is 2. The molecule has 0 spiro atoms. The van der Waals surface area contributed by atoms with Gasteiger partial charge in [-0.1, -0.05) is 36.8 Å². The van der Waals surface area contributed by atoms with Gasteiger partial charge in [0, 0.05) is 56.6 Å². The number of nitrogens with one attached hydrogen (secondary N) is 1. The molecule has 164 valence electrons. The number of hydrogen-bond acceptors (Lipinski definition) is 6. The molecule has 0 saturated carbocycles. The highest BCUT2D eigenvalue weighted by Gasteiger charge is 2.22. The zero-order valence-corrected chi connectivity index (χ0v) is 19.6. The standard InChI is InChI=1S/C22H28N6OS2/c1-3-19-23-18(15-31-19)14-26-10-12-27(13-11-26)20(29)8-9-28-21(24-25-22(28)30)17-6-4-16(2)5-7-17/h4-7,15H,3,8-14H2,1-2H3,(H,25,30). The number of aromatic amines is 1. The smallest absolute Gasteiger partial charge is 0.224 e. The summed E-state index contributed by atoms with van der Waals surface area (Å²) in [7, 11) is 0. The van der Waals surface area contributed by atoms with Crippen LogP contribution in [-0.4, -0.2) is 61.6 Å². The Morgan fingerprint density at radius 2 is 1.94 bits per heavy atom. The zero-order valence-electron chi connectivity index (χ0n) is 18.0. The van der Waals surface area contributed by atoms with Gasteiger partial charge in [0.15, 0.2) is 10.6 Å². The summed E-state index contributed by atoms with van der Waals surface area (Å²) in [6, 6.07) is 8.17. The van der Waals surface area contributed by atoms with Crippen molar-refractivity contribution in [2.75, 3.05) is 26.2 Å². The largest absolute Gasteiger partial charge is 0.340 e. The molecule has 0 aliphatic carbocycles. The Bertz CT molecular complexity index is 1080. The van der Waals surface area contributed by atoms with E-state index in [2.05, 4.69) is 51.4 Å². The summed E-state index contributed by atoms with van der Waals surface area (Å²) >= 11 is 7.13. The first kappa shape index (κ1) is 21.9. The van der Waals surface area contributed by atoms with Crippen LogP contribution in [0.25, 0.3) is 11.4 Å². The van der Waals surface area contributed by atoms with Crippen LogP contribution in [-0.2, 0) is 24.3 Å². The second-order valence-electron chi connectivity index (χ2n) is 7.86. The molecular weight excluding hydrogens is 428 g/mol. The van der Waals surface area contributed by atoms with Crippen LogP contribution in [0.1, 0.15) is 29.6 Å². The summed E-state index contributed by atoms with van der Waals surface area (Å²) in [5, 5.41) is 10.6. The van der Waals surface area contributed by atoms with Gasteiger partial charge in [0.1, 0.15) is 0 Å². The third kappa shape index (κ3) is 5.28. The van der Waals surface area contributed by atoms with E-state index >= 15 is 0 Å². The number of thiazole rings is 1. The Labute approximate surface area is 191 Å². The molecule has 1 amide bonds. The molecule has 0 radical (unpaired) electrons. The number of nitrogens with zero attached hydrogens (tertiary/aromatic N) is 5. The minimum absolute atomic E-state index is 0.166. The van der Waals surface area contributed by atoms with Crippen molar-refractivity contribution in [1.29, 1.82) is 0 Å². The van der Waals surface area contributed by atoms with Crippen LogP contribution >= 0.6 is 23.6 Å². The van der Waals surface area contributed by atoms with Crippen LogP contribution < -0.4 is 0 Å². The van der Waals surface area contributed by atoms with Crippen molar-refractivity contribution in [3.05, 3.63) is 50.7 Å². The second kappa shape index (κ2) is 9.84. The molecule has 0 bridgehead atoms. The fourth-order valence-electron chi connectivity index (χ4n) is 3.78. The molecule has 3 aromatic rings. The molecule has 0 atom stereocenters. The minimum atomic E-state index is 0.166. The number of piperazine rings is 1. The zero-order chi connectivity index (χ0) is 21.8. The van der Waals surface area contributed by atoms with Crippen LogP contribution in [0.5, 0.6) is 0 Å². The summed E-state index contributed by atoms with van der Waals surface area (Å²) < 4.78 is 2.46. The SMILES string of the molecule is CCc1nc(CN2CCN(C(=O)CCn3c(-c4ccc(C)cc4)n[nH]c3=S)CC2)cs1. The minimum Gasteiger partial charge on any atom is -0.340 e. The van der Waals surface area contributed by atoms with Gasteiger partial charge in [0.2, 0.25) is 5.91 Å². The molecule has 1 N–H and O–H groups in total. The average Bonchev–Trinajstić information content (AvgIpc) is 3.39. The fraction of sp³-hybridized carbons (Fsp3) is 0.455. The van der Waals surface area contributed by atoms with Gasteiger partial charge in [0.25, 0.3) is 0 Å². The number of carbonyl (C=O) groups excluding carboxylic acids is 1. The Morgan fingerprint density at radius 1 is 1.19 bits per heavy atom. The summed E-state index contributed by atoms with van der Waals surface area (Å²) in [5.74, 6) is 0.942. The van der Waals surface area contributed by atoms with Crippen molar-refractivity contribution in [2.45, 2.75) is 39.8 Å². The Balaban J connectivity index is 1.30. The molecule has 3 heterocycles. The maximum absolute atomic E-state index is 12.8. The molecule has 1 fully saturated rings. The van der Waals surface area contributed by atoms with Gasteiger partial charge in [-0.3, -0.25) is 19.4 Å². The quantitative estimate of drug-likeness (QED) is 0.550. The maximum Gasteiger partial charge on any atom is 0.224 e. The highest BCUT2D eigenvalue weighted by Crippen LogP contribution is 2.19. The number of hydrogen-bond donors (Lipinski definition) is 1. The van der Waals surface area contributed by atoms with Crippen molar-refractivity contribution in [2.24, 2.45) is 0 Å². The molecule has 31 heavy (non-hydrogen) atoms. The van der Waals surface area contributed by atoms with Crippen LogP contribution in [0.2, 0.25) is 0 Å². The molecule has 1 aliphatic rings. The van der Waals surface area contributed by atoms with Crippen LogP contribution in [0.15, 0.2) is 29.6 Å². The number of H-pyrrole nitrogens is 1. The van der Waals surface area contributed by atoms with Gasteiger partial charge in [0.05, 0.1) is 10.7 Å². The van der Waals surface area contributed by atoms with E-state index in [0.29, 0.717) is 17.7 Å². The van der Waals surface area contributed by atoms with Crippen molar-refractivity contribution in [3.63, 3.8) is 0 Å². The maximum atomic E-state index is 12.8. The Kier molecular flexibility index (Phi) is 6.94. The molecule has 1 aliphatic heterocycles. The lowest BCUT2D eigenvalue weighted by molar-refractivity contribution is -0.133. The van der Waals surface area contributed by atoms with Crippen molar-refractivity contribution in [1.82, 2.24) is 29.5 Å². The van der Waals surface area contributed by atoms with Gasteiger partial charge >= 0.3 is 0 Å². The van der Waals surface area contributed by atoms with Gasteiger partial charge in [-0.05, 0) is 25.6 Å². The van der Waals surface area contributed by atoms with Crippen molar-refractivity contribution >= 4 is 29.5 Å². The Morgan fingerprint density at radius 3 is 2.61 bits per heavy atom. The fourth-order valence-corrected chi connectivity index (χ4v) is 4.74. The number of aromatic nitrogens is 4. The molecule has 9 heteroatoms. The molecule has 4 rings (SSSR count). The van der Waals surface area contributed by atoms with Crippen LogP contribution in [0.3, 0.4) is 0 Å². The third-order valence-corrected chi connectivity index (χ3v) is 6.98. The first-order chi connectivity index (χ1) is 15.0. The molecule has 7 nitrogen and oxygen atoms in total. The second-order valence-corrected chi connectivity index (χ2v) is 9.19. The average molecular weight is 457 g/mol. The van der Waals surface area contributed by atoms with Crippen LogP contribution in [0, 0.1) is 11.7 Å². The van der Waals surface area contributed by atoms with E-state index in [9.17, 15) is 4.79 Å². The van der Waals surface area contributed by atoms with Gasteiger partial charge < -0.3 is 4.90 Å². The summed E-state index contributed by atoms with van der Waals surface area (Å²) in [6.45, 7) is 8.84. The van der Waals surface area contributed by atoms with E-state index in [0.717, 1.165) is 56.2 Å². The van der Waals surface area contributed by atoms with E-state index in [-0.39, 0.29) is 5.91 Å². The monoisotopic (exact) mass is 456 g/mol. The molecular formula is C22H28N6OS2. The van der Waals surface area contributed by atoms with E-state index in [4.69, 9.17) is 12.2 Å². The lowest BCUT2D eigenvalue weighted by Crippen LogP contribution is -2.48. The van der Waals surface area contributed by atoms with E-state index in [1.807, 2.05) is 21.6 Å². The molecule has 1 aromatic carbocycles. The predicted molar refractivity (Wildman–Crippen MR) is 126 cm³/mol. The number of carbonyl (C=O) groups is 1. The van der Waals surface area contributed by atoms with E-state index in [1.165, 1.54) is 10.6 Å². The van der Waals surface area contributed by atoms with Gasteiger partial charge in [-0.2, -0.15) is 5.10 Å². The van der Waals surface area contributed by atoms with E-state index in [1.54, 1.807) is 11.3 Å². The van der Waals surface area contributed by atoms with Gasteiger partial charge in [-0.25, -0.2) is 4.98 Å². The highest BCUT2D eigenvalue weighted by molar-refractivity contribution is 7.71. The highest BCUT2D eigenvalue weighted by atomic mass is 32.1. The number of benzene rings is 1. The topological polar surface area (TPSA) is 70.1 Å². The van der Waals surface area contributed by atoms with Crippen molar-refractivity contribution in [3.8, 4) is 11.4 Å². The first-order valence-corrected chi connectivity index (χ1v) is 12.0. The first-order valence-electron chi connectivity index (χ1n) is 10.7. The Hall–Kier alpha value is -2.36. The summed E-state index contributed by atoms with van der Waals surface area (Å²) in [4.78, 5) is 21.8. The molecule has 2 aromatic heterocycles. The predicted octanol–water partition coefficient (Wildman–Crippen LogP) is 3.67. The van der Waals surface area contributed by atoms with Gasteiger partial charge in [-0.15, -0.1) is 11.3 Å². The molecule has 0 unspecified atom stereocenters. The normalized spacial score (nSPS) is 14.8. The summed E-state index contributed by atoms with van der Waals surface area (Å²) in [6.07, 6.45) is 1.40. The number of amides is 1. The lowest BCUT2D eigenvalue weighted by atomic mass is 10.1.